The Morgan fingerprint density at radius 1 is 0.607 bits per heavy atom. The van der Waals surface area contributed by atoms with Crippen LogP contribution in [0.25, 0.3) is 0 Å². The first kappa shape index (κ1) is 22.7. The van der Waals surface area contributed by atoms with Crippen LogP contribution in [-0.2, 0) is 0 Å². The Kier molecular flexibility index (Phi) is 8.37. The Morgan fingerprint density at radius 2 is 0.929 bits per heavy atom. The number of hydrogen-bond acceptors (Lipinski definition) is 4. The Morgan fingerprint density at radius 3 is 1.29 bits per heavy atom. The number of benzene rings is 2. The summed E-state index contributed by atoms with van der Waals surface area (Å²) in [5, 5.41) is 5.39. The lowest BCUT2D eigenvalue weighted by atomic mass is 10.3. The minimum atomic E-state index is -0.890. The average molecular weight is 505 g/mol. The Hall–Kier alpha value is -1.54. The van der Waals surface area contributed by atoms with Gasteiger partial charge in [0.05, 0.1) is 30.1 Å². The van der Waals surface area contributed by atoms with E-state index in [2.05, 4.69) is 10.6 Å². The lowest BCUT2D eigenvalue weighted by Crippen LogP contribution is -2.25. The highest BCUT2D eigenvalue weighted by atomic mass is 35.5. The number of carbonyl (C=O) groups excluding carboxylic acids is 2. The van der Waals surface area contributed by atoms with Gasteiger partial charge in [-0.25, -0.2) is 9.59 Å². The highest BCUT2D eigenvalue weighted by Crippen LogP contribution is 2.34. The van der Waals surface area contributed by atoms with Crippen molar-refractivity contribution in [3.63, 3.8) is 0 Å². The van der Waals surface area contributed by atoms with Crippen molar-refractivity contribution in [3.05, 3.63) is 66.8 Å². The monoisotopic (exact) mass is 502 g/mol. The van der Waals surface area contributed by atoms with E-state index in [-0.39, 0.29) is 41.6 Å². The van der Waals surface area contributed by atoms with Crippen LogP contribution in [0, 0.1) is 0 Å². The zero-order valence-corrected chi connectivity index (χ0v) is 17.9. The number of ether oxygens (including phenoxy) is 2. The number of amides is 2. The van der Waals surface area contributed by atoms with Crippen LogP contribution in [0.3, 0.4) is 0 Å². The Bertz CT molecular complexity index is 876. The lowest BCUT2D eigenvalue weighted by Gasteiger charge is -2.08. The lowest BCUT2D eigenvalue weighted by molar-refractivity contribution is 0.202. The van der Waals surface area contributed by atoms with Crippen LogP contribution in [0.5, 0.6) is 11.5 Å². The molecule has 6 nitrogen and oxygen atoms in total. The summed E-state index contributed by atoms with van der Waals surface area (Å²) in [7, 11) is 0. The van der Waals surface area contributed by atoms with Gasteiger partial charge in [0.25, 0.3) is 0 Å². The second kappa shape index (κ2) is 10.3. The molecule has 2 N–H and O–H groups in total. The smallest absolute Gasteiger partial charge is 0.408 e. The second-order valence-corrected chi connectivity index (χ2v) is 7.24. The molecule has 0 unspecified atom stereocenters. The van der Waals surface area contributed by atoms with Gasteiger partial charge in [-0.3, -0.25) is 10.6 Å². The van der Waals surface area contributed by atoms with Gasteiger partial charge in [-0.15, -0.1) is 0 Å². The first-order valence-corrected chi connectivity index (χ1v) is 9.35. The number of nitrogens with one attached hydrogen (secondary N) is 2. The van der Waals surface area contributed by atoms with Gasteiger partial charge < -0.3 is 9.47 Å². The fourth-order valence-corrected chi connectivity index (χ4v) is 2.79. The highest BCUT2D eigenvalue weighted by Gasteiger charge is 2.12. The third-order valence-electron chi connectivity index (χ3n) is 2.84. The second-order valence-electron chi connectivity index (χ2n) is 4.79. The summed E-state index contributed by atoms with van der Waals surface area (Å²) in [6.07, 6.45) is 0.398. The molecule has 0 fully saturated rings. The molecule has 0 saturated heterocycles. The van der Waals surface area contributed by atoms with Crippen molar-refractivity contribution in [3.8, 4) is 11.5 Å². The average Bonchev–Trinajstić information content (AvgIpc) is 2.61. The molecule has 2 aromatic rings. The maximum atomic E-state index is 11.7. The Balaban J connectivity index is 1.85. The van der Waals surface area contributed by atoms with Crippen molar-refractivity contribution in [1.82, 2.24) is 10.6 Å². The van der Waals surface area contributed by atoms with E-state index in [0.29, 0.717) is 0 Å². The first-order chi connectivity index (χ1) is 13.2. The molecule has 0 heterocycles. The molecule has 2 rings (SSSR count). The number of halogens is 6. The molecule has 0 aliphatic rings. The van der Waals surface area contributed by atoms with Crippen molar-refractivity contribution in [2.45, 2.75) is 0 Å². The van der Waals surface area contributed by atoms with Crippen LogP contribution < -0.4 is 20.1 Å². The van der Waals surface area contributed by atoms with Gasteiger partial charge in [0.1, 0.15) is 0 Å². The zero-order chi connectivity index (χ0) is 20.8. The molecule has 0 aliphatic carbocycles. The van der Waals surface area contributed by atoms with Gasteiger partial charge >= 0.3 is 12.2 Å². The van der Waals surface area contributed by atoms with E-state index in [1.54, 1.807) is 0 Å². The van der Waals surface area contributed by atoms with Gasteiger partial charge in [0, 0.05) is 24.5 Å². The molecule has 0 radical (unpaired) electrons. The van der Waals surface area contributed by atoms with Crippen LogP contribution in [0.4, 0.5) is 9.59 Å². The normalized spacial score (nSPS) is 10.6. The minimum Gasteiger partial charge on any atom is -0.408 e. The molecular formula is C16H8Cl6N2O4. The summed E-state index contributed by atoms with van der Waals surface area (Å²) >= 11 is 35.0. The molecule has 2 amide bonds. The van der Waals surface area contributed by atoms with Crippen LogP contribution in [0.15, 0.2) is 36.7 Å². The molecule has 148 valence electrons. The molecule has 0 atom stereocenters. The first-order valence-electron chi connectivity index (χ1n) is 7.08. The summed E-state index contributed by atoms with van der Waals surface area (Å²) in [6, 6.07) is 5.23. The fraction of sp³-hybridized carbons (Fsp3) is 0. The van der Waals surface area contributed by atoms with Crippen molar-refractivity contribution >= 4 is 81.8 Å². The fourth-order valence-electron chi connectivity index (χ4n) is 1.64. The maximum absolute atomic E-state index is 11.7. The molecule has 2 aromatic carbocycles. The summed E-state index contributed by atoms with van der Waals surface area (Å²) in [6.45, 7) is 0. The van der Waals surface area contributed by atoms with Crippen molar-refractivity contribution < 1.29 is 19.1 Å². The quantitative estimate of drug-likeness (QED) is 0.441. The predicted octanol–water partition coefficient (Wildman–Crippen LogP) is 6.96. The number of carbonyl (C=O) groups is 2. The van der Waals surface area contributed by atoms with Gasteiger partial charge in [0.15, 0.2) is 11.5 Å². The predicted molar refractivity (Wildman–Crippen MR) is 110 cm³/mol. The molecule has 0 bridgehead atoms. The Labute approximate surface area is 189 Å². The van der Waals surface area contributed by atoms with Gasteiger partial charge in [-0.05, 0) is 12.1 Å². The maximum Gasteiger partial charge on any atom is 0.416 e. The molecule has 0 aliphatic heterocycles. The van der Waals surface area contributed by atoms with Gasteiger partial charge in [0.2, 0.25) is 0 Å². The third-order valence-corrected chi connectivity index (χ3v) is 4.88. The van der Waals surface area contributed by atoms with Gasteiger partial charge in [-0.2, -0.15) is 0 Å². The molecule has 12 heteroatoms. The number of hydrogen-bond donors (Lipinski definition) is 2. The SMILES string of the molecule is O=C(N/C=C/NC(=O)Oc1cc(Cl)c(Cl)cc1Cl)Oc1cc(Cl)c(Cl)cc1Cl. The number of rotatable bonds is 4. The van der Waals surface area contributed by atoms with Gasteiger partial charge in [-0.1, -0.05) is 69.6 Å². The summed E-state index contributed by atoms with van der Waals surface area (Å²) in [5.41, 5.74) is 0. The third kappa shape index (κ3) is 6.51. The molecule has 0 saturated carbocycles. The van der Waals surface area contributed by atoms with Crippen molar-refractivity contribution in [2.75, 3.05) is 0 Å². The van der Waals surface area contributed by atoms with Crippen LogP contribution in [0.1, 0.15) is 0 Å². The van der Waals surface area contributed by atoms with E-state index < -0.39 is 12.2 Å². The van der Waals surface area contributed by atoms with Crippen LogP contribution in [-0.4, -0.2) is 12.2 Å². The van der Waals surface area contributed by atoms with E-state index >= 15 is 0 Å². The van der Waals surface area contributed by atoms with Crippen LogP contribution in [0.2, 0.25) is 30.1 Å². The summed E-state index contributed by atoms with van der Waals surface area (Å²) in [4.78, 5) is 23.4. The van der Waals surface area contributed by atoms with Crippen molar-refractivity contribution in [1.29, 1.82) is 0 Å². The van der Waals surface area contributed by atoms with E-state index in [9.17, 15) is 9.59 Å². The summed E-state index contributed by atoms with van der Waals surface area (Å²) in [5.74, 6) is 0.00666. The topological polar surface area (TPSA) is 76.7 Å². The van der Waals surface area contributed by atoms with E-state index in [1.807, 2.05) is 0 Å². The molecule has 0 aromatic heterocycles. The molecule has 0 spiro atoms. The highest BCUT2D eigenvalue weighted by molar-refractivity contribution is 6.44. The molecule has 28 heavy (non-hydrogen) atoms. The van der Waals surface area contributed by atoms with E-state index in [0.717, 1.165) is 12.4 Å². The summed E-state index contributed by atoms with van der Waals surface area (Å²) < 4.78 is 9.92. The van der Waals surface area contributed by atoms with Crippen LogP contribution >= 0.6 is 69.6 Å². The van der Waals surface area contributed by atoms with E-state index in [1.165, 1.54) is 24.3 Å². The van der Waals surface area contributed by atoms with E-state index in [4.69, 9.17) is 79.1 Å². The minimum absolute atomic E-state index is 0.00333. The van der Waals surface area contributed by atoms with Crippen molar-refractivity contribution in [2.24, 2.45) is 0 Å². The zero-order valence-electron chi connectivity index (χ0n) is 13.4. The largest absolute Gasteiger partial charge is 0.416 e. The standard InChI is InChI=1S/C16H8Cl6N2O4/c17-7-3-11(21)13(5-9(7)19)27-15(25)23-1-2-24-16(26)28-14-6-10(20)8(18)4-12(14)22/h1-6H,(H,23,25)(H,24,26)/b2-1+. The molecular weight excluding hydrogens is 497 g/mol.